The van der Waals surface area contributed by atoms with Gasteiger partial charge in [0.2, 0.25) is 5.89 Å². The Balaban J connectivity index is 1.99. The molecule has 0 saturated carbocycles. The smallest absolute Gasteiger partial charge is 0.311 e. The van der Waals surface area contributed by atoms with E-state index in [1.54, 1.807) is 12.1 Å². The number of nitro benzene ring substituents is 1. The monoisotopic (exact) mass is 282 g/mol. The van der Waals surface area contributed by atoms with E-state index < -0.39 is 4.92 Å². The second-order valence-electron chi connectivity index (χ2n) is 4.34. The molecule has 0 atom stereocenters. The van der Waals surface area contributed by atoms with E-state index in [4.69, 9.17) is 4.42 Å². The molecule has 3 rings (SSSR count). The molecule has 2 aromatic carbocycles. The summed E-state index contributed by atoms with van der Waals surface area (Å²) in [6.45, 7) is 0. The molecule has 104 valence electrons. The molecule has 1 heterocycles. The lowest BCUT2D eigenvalue weighted by molar-refractivity contribution is -0.384. The molecule has 6 heteroatoms. The first-order valence-corrected chi connectivity index (χ1v) is 6.15. The van der Waals surface area contributed by atoms with Gasteiger partial charge in [-0.15, -0.1) is 0 Å². The first-order chi connectivity index (χ1) is 10.1. The average Bonchev–Trinajstić information content (AvgIpc) is 2.90. The summed E-state index contributed by atoms with van der Waals surface area (Å²) in [5.41, 5.74) is 1.60. The van der Waals surface area contributed by atoms with E-state index in [0.29, 0.717) is 11.3 Å². The van der Waals surface area contributed by atoms with Crippen LogP contribution in [0.5, 0.6) is 5.95 Å². The first-order valence-electron chi connectivity index (χ1n) is 6.15. The fraction of sp³-hybridized carbons (Fsp3) is 0. The van der Waals surface area contributed by atoms with E-state index in [2.05, 4.69) is 4.98 Å². The van der Waals surface area contributed by atoms with Crippen LogP contribution in [0.2, 0.25) is 0 Å². The quantitative estimate of drug-likeness (QED) is 0.585. The van der Waals surface area contributed by atoms with E-state index in [0.717, 1.165) is 5.56 Å². The zero-order valence-electron chi connectivity index (χ0n) is 10.8. The van der Waals surface area contributed by atoms with Gasteiger partial charge in [0.15, 0.2) is 5.69 Å². The minimum absolute atomic E-state index is 0.0159. The highest BCUT2D eigenvalue weighted by Crippen LogP contribution is 2.33. The molecule has 0 aliphatic carbocycles. The Hall–Kier alpha value is -3.15. The van der Waals surface area contributed by atoms with E-state index >= 15 is 0 Å². The maximum absolute atomic E-state index is 10.6. The number of non-ortho nitro benzene ring substituents is 1. The molecule has 3 aromatic rings. The number of benzene rings is 2. The van der Waals surface area contributed by atoms with Crippen molar-refractivity contribution in [2.45, 2.75) is 0 Å². The van der Waals surface area contributed by atoms with Crippen LogP contribution in [0.15, 0.2) is 59.0 Å². The Labute approximate surface area is 119 Å². The predicted molar refractivity (Wildman–Crippen MR) is 75.7 cm³/mol. The third-order valence-electron chi connectivity index (χ3n) is 2.98. The normalized spacial score (nSPS) is 10.5. The van der Waals surface area contributed by atoms with E-state index in [1.165, 1.54) is 24.3 Å². The average molecular weight is 282 g/mol. The highest BCUT2D eigenvalue weighted by molar-refractivity contribution is 5.67. The summed E-state index contributed by atoms with van der Waals surface area (Å²) in [6.07, 6.45) is 0. The highest BCUT2D eigenvalue weighted by atomic mass is 16.6. The van der Waals surface area contributed by atoms with Gasteiger partial charge in [-0.2, -0.15) is 0 Å². The molecule has 0 bridgehead atoms. The van der Waals surface area contributed by atoms with Gasteiger partial charge in [-0.25, -0.2) is 4.98 Å². The molecular formula is C15H10N2O4. The number of aromatic hydroxyl groups is 1. The first kappa shape index (κ1) is 12.9. The van der Waals surface area contributed by atoms with Crippen LogP contribution in [0.25, 0.3) is 22.7 Å². The minimum Gasteiger partial charge on any atom is -0.479 e. The molecule has 0 unspecified atom stereocenters. The second kappa shape index (κ2) is 5.09. The van der Waals surface area contributed by atoms with Crippen LogP contribution in [-0.4, -0.2) is 15.0 Å². The van der Waals surface area contributed by atoms with Gasteiger partial charge in [0.05, 0.1) is 4.92 Å². The Morgan fingerprint density at radius 2 is 1.67 bits per heavy atom. The van der Waals surface area contributed by atoms with Crippen LogP contribution in [-0.2, 0) is 0 Å². The zero-order chi connectivity index (χ0) is 14.8. The second-order valence-corrected chi connectivity index (χ2v) is 4.34. The van der Waals surface area contributed by atoms with E-state index in [-0.39, 0.29) is 17.5 Å². The predicted octanol–water partition coefficient (Wildman–Crippen LogP) is 3.62. The maximum atomic E-state index is 10.6. The molecule has 0 aliphatic rings. The van der Waals surface area contributed by atoms with Gasteiger partial charge in [-0.3, -0.25) is 10.1 Å². The number of nitro groups is 1. The summed E-state index contributed by atoms with van der Waals surface area (Å²) in [4.78, 5) is 14.4. The van der Waals surface area contributed by atoms with Gasteiger partial charge < -0.3 is 9.52 Å². The fourth-order valence-corrected chi connectivity index (χ4v) is 1.95. The summed E-state index contributed by atoms with van der Waals surface area (Å²) in [6, 6.07) is 14.9. The topological polar surface area (TPSA) is 89.4 Å². The number of hydrogen-bond donors (Lipinski definition) is 1. The number of aromatic nitrogens is 1. The number of oxazole rings is 1. The molecular weight excluding hydrogens is 272 g/mol. The minimum atomic E-state index is -0.480. The number of hydrogen-bond acceptors (Lipinski definition) is 5. The molecule has 0 amide bonds. The van der Waals surface area contributed by atoms with Crippen LogP contribution in [0.3, 0.4) is 0 Å². The summed E-state index contributed by atoms with van der Waals surface area (Å²) >= 11 is 0. The summed E-state index contributed by atoms with van der Waals surface area (Å²) in [7, 11) is 0. The van der Waals surface area contributed by atoms with Gasteiger partial charge in [0.25, 0.3) is 5.69 Å². The van der Waals surface area contributed by atoms with E-state index in [1.807, 2.05) is 18.2 Å². The molecule has 21 heavy (non-hydrogen) atoms. The molecule has 0 radical (unpaired) electrons. The molecule has 0 spiro atoms. The third-order valence-corrected chi connectivity index (χ3v) is 2.98. The van der Waals surface area contributed by atoms with Crippen molar-refractivity contribution in [3.8, 4) is 28.7 Å². The van der Waals surface area contributed by atoms with Crippen LogP contribution >= 0.6 is 0 Å². The van der Waals surface area contributed by atoms with Gasteiger partial charge in [-0.05, 0) is 12.1 Å². The fourth-order valence-electron chi connectivity index (χ4n) is 1.95. The zero-order valence-corrected chi connectivity index (χ0v) is 10.8. The standard InChI is InChI=1S/C15H10N2O4/c18-15-13(10-4-2-1-3-5-10)16-14(21-15)11-6-8-12(9-7-11)17(19)20/h1-9,18H. The molecule has 0 saturated heterocycles. The van der Waals surface area contributed by atoms with Crippen molar-refractivity contribution in [3.63, 3.8) is 0 Å². The van der Waals surface area contributed by atoms with Crippen molar-refractivity contribution < 1.29 is 14.4 Å². The van der Waals surface area contributed by atoms with Crippen molar-refractivity contribution in [1.29, 1.82) is 0 Å². The van der Waals surface area contributed by atoms with Crippen LogP contribution in [0.4, 0.5) is 5.69 Å². The van der Waals surface area contributed by atoms with Crippen LogP contribution in [0, 0.1) is 10.1 Å². The Morgan fingerprint density at radius 3 is 2.29 bits per heavy atom. The van der Waals surface area contributed by atoms with Crippen molar-refractivity contribution in [1.82, 2.24) is 4.98 Å². The molecule has 0 fully saturated rings. The lowest BCUT2D eigenvalue weighted by atomic mass is 10.1. The summed E-state index contributed by atoms with van der Waals surface area (Å²) < 4.78 is 5.23. The van der Waals surface area contributed by atoms with Crippen molar-refractivity contribution in [2.24, 2.45) is 0 Å². The lowest BCUT2D eigenvalue weighted by Crippen LogP contribution is -1.87. The highest BCUT2D eigenvalue weighted by Gasteiger charge is 2.16. The third kappa shape index (κ3) is 2.46. The van der Waals surface area contributed by atoms with Crippen molar-refractivity contribution >= 4 is 5.69 Å². The van der Waals surface area contributed by atoms with Crippen LogP contribution in [0.1, 0.15) is 0 Å². The number of rotatable bonds is 3. The maximum Gasteiger partial charge on any atom is 0.311 e. The number of nitrogens with zero attached hydrogens (tertiary/aromatic N) is 2. The largest absolute Gasteiger partial charge is 0.479 e. The lowest BCUT2D eigenvalue weighted by Gasteiger charge is -1.95. The van der Waals surface area contributed by atoms with Gasteiger partial charge >= 0.3 is 5.95 Å². The molecule has 0 aliphatic heterocycles. The summed E-state index contributed by atoms with van der Waals surface area (Å²) in [5.74, 6) is -0.0733. The van der Waals surface area contributed by atoms with Crippen LogP contribution < -0.4 is 0 Å². The van der Waals surface area contributed by atoms with E-state index in [9.17, 15) is 15.2 Å². The Kier molecular flexibility index (Phi) is 3.12. The SMILES string of the molecule is O=[N+]([O-])c1ccc(-c2nc(-c3ccccc3)c(O)o2)cc1. The van der Waals surface area contributed by atoms with Gasteiger partial charge in [0.1, 0.15) is 0 Å². The molecule has 1 N–H and O–H groups in total. The van der Waals surface area contributed by atoms with Gasteiger partial charge in [0, 0.05) is 23.3 Å². The van der Waals surface area contributed by atoms with Gasteiger partial charge in [-0.1, -0.05) is 30.3 Å². The van der Waals surface area contributed by atoms with Crippen molar-refractivity contribution in [2.75, 3.05) is 0 Å². The Morgan fingerprint density at radius 1 is 1.00 bits per heavy atom. The van der Waals surface area contributed by atoms with Crippen molar-refractivity contribution in [3.05, 3.63) is 64.7 Å². The molecule has 6 nitrogen and oxygen atoms in total. The Bertz CT molecular complexity index is 779. The molecule has 1 aromatic heterocycles. The summed E-state index contributed by atoms with van der Waals surface area (Å²) in [5, 5.41) is 20.5.